The molecule has 1 aliphatic carbocycles. The van der Waals surface area contributed by atoms with Crippen LogP contribution in [0.2, 0.25) is 0 Å². The molecule has 1 saturated heterocycles. The van der Waals surface area contributed by atoms with E-state index in [1.54, 1.807) is 4.90 Å². The average molecular weight is 277 g/mol. The van der Waals surface area contributed by atoms with Crippen LogP contribution in [0.3, 0.4) is 0 Å². The minimum absolute atomic E-state index is 0.0202. The van der Waals surface area contributed by atoms with E-state index in [9.17, 15) is 4.79 Å². The molecular weight excluding hydrogens is 254 g/mol. The summed E-state index contributed by atoms with van der Waals surface area (Å²) < 4.78 is 0. The number of amides is 1. The Balaban J connectivity index is 1.58. The molecule has 2 fully saturated rings. The lowest BCUT2D eigenvalue weighted by atomic mass is 9.85. The van der Waals surface area contributed by atoms with E-state index in [0.29, 0.717) is 24.3 Å². The normalized spacial score (nSPS) is 29.2. The fraction of sp³-hybridized carbons (Fsp3) is 0.786. The van der Waals surface area contributed by atoms with Crippen LogP contribution in [0.4, 0.5) is 0 Å². The van der Waals surface area contributed by atoms with Crippen molar-refractivity contribution in [3.05, 3.63) is 11.6 Å². The third-order valence-electron chi connectivity index (χ3n) is 4.56. The molecule has 3 atom stereocenters. The zero-order chi connectivity index (χ0) is 14.1. The van der Waals surface area contributed by atoms with Crippen molar-refractivity contribution in [1.82, 2.24) is 25.4 Å². The van der Waals surface area contributed by atoms with E-state index in [1.165, 1.54) is 25.7 Å². The molecule has 20 heavy (non-hydrogen) atoms. The molecule has 0 radical (unpaired) electrons. The minimum atomic E-state index is -0.0202. The number of carbonyl (C=O) groups is 1. The highest BCUT2D eigenvalue weighted by Gasteiger charge is 2.39. The molecule has 110 valence electrons. The third-order valence-corrected chi connectivity index (χ3v) is 4.56. The molecule has 1 saturated carbocycles. The molecule has 6 heteroatoms. The van der Waals surface area contributed by atoms with Crippen LogP contribution in [0.5, 0.6) is 0 Å². The third kappa shape index (κ3) is 2.70. The maximum atomic E-state index is 12.5. The van der Waals surface area contributed by atoms with Crippen LogP contribution in [0.1, 0.15) is 43.8 Å². The lowest BCUT2D eigenvalue weighted by molar-refractivity contribution is -0.132. The van der Waals surface area contributed by atoms with Crippen molar-refractivity contribution in [2.45, 2.75) is 57.7 Å². The van der Waals surface area contributed by atoms with Crippen molar-refractivity contribution in [3.8, 4) is 0 Å². The quantitative estimate of drug-likeness (QED) is 0.864. The lowest BCUT2D eigenvalue weighted by Crippen LogP contribution is -2.43. The highest BCUT2D eigenvalue weighted by atomic mass is 16.2. The van der Waals surface area contributed by atoms with Gasteiger partial charge >= 0.3 is 0 Å². The molecule has 1 aromatic rings. The first-order chi connectivity index (χ1) is 9.63. The van der Waals surface area contributed by atoms with Crippen LogP contribution in [0.25, 0.3) is 0 Å². The first-order valence-electron chi connectivity index (χ1n) is 7.52. The van der Waals surface area contributed by atoms with Crippen LogP contribution in [0, 0.1) is 12.8 Å². The van der Waals surface area contributed by atoms with Crippen LogP contribution in [-0.4, -0.2) is 45.1 Å². The Morgan fingerprint density at radius 3 is 2.90 bits per heavy atom. The number of nitrogens with one attached hydrogen (secondary N) is 2. The summed E-state index contributed by atoms with van der Waals surface area (Å²) in [4.78, 5) is 18.5. The Morgan fingerprint density at radius 1 is 1.40 bits per heavy atom. The zero-order valence-electron chi connectivity index (χ0n) is 12.2. The molecule has 1 amide bonds. The molecule has 0 aromatic carbocycles. The van der Waals surface area contributed by atoms with Crippen molar-refractivity contribution >= 4 is 5.91 Å². The van der Waals surface area contributed by atoms with Crippen LogP contribution in [-0.2, 0) is 11.3 Å². The molecule has 2 N–H and O–H groups in total. The summed E-state index contributed by atoms with van der Waals surface area (Å²) in [5, 5.41) is 10.4. The van der Waals surface area contributed by atoms with Gasteiger partial charge in [-0.3, -0.25) is 9.89 Å². The van der Waals surface area contributed by atoms with E-state index in [-0.39, 0.29) is 11.9 Å². The van der Waals surface area contributed by atoms with Gasteiger partial charge in [0.05, 0.1) is 12.6 Å². The molecule has 6 nitrogen and oxygen atoms in total. The van der Waals surface area contributed by atoms with Crippen molar-refractivity contribution in [2.75, 3.05) is 7.05 Å². The number of hydrogen-bond acceptors (Lipinski definition) is 4. The van der Waals surface area contributed by atoms with E-state index in [4.69, 9.17) is 0 Å². The monoisotopic (exact) mass is 277 g/mol. The van der Waals surface area contributed by atoms with Crippen molar-refractivity contribution < 1.29 is 4.79 Å². The van der Waals surface area contributed by atoms with Gasteiger partial charge in [0.15, 0.2) is 5.82 Å². The number of fused-ring (bicyclic) bond motifs is 1. The number of carbonyl (C=O) groups excluding carboxylic acids is 1. The molecule has 2 aliphatic rings. The van der Waals surface area contributed by atoms with Gasteiger partial charge in [-0.25, -0.2) is 4.98 Å². The number of aryl methyl sites for hydroxylation is 1. The Hall–Kier alpha value is -1.43. The fourth-order valence-corrected chi connectivity index (χ4v) is 3.53. The number of hydrogen-bond donors (Lipinski definition) is 2. The molecule has 3 rings (SSSR count). The van der Waals surface area contributed by atoms with Gasteiger partial charge in [0.2, 0.25) is 5.91 Å². The van der Waals surface area contributed by atoms with Crippen LogP contribution >= 0.6 is 0 Å². The number of nitrogens with zero attached hydrogens (tertiary/aromatic N) is 3. The predicted molar refractivity (Wildman–Crippen MR) is 74.9 cm³/mol. The van der Waals surface area contributed by atoms with E-state index in [0.717, 1.165) is 12.2 Å². The second kappa shape index (κ2) is 5.52. The first kappa shape index (κ1) is 13.5. The van der Waals surface area contributed by atoms with Crippen molar-refractivity contribution in [2.24, 2.45) is 5.92 Å². The summed E-state index contributed by atoms with van der Waals surface area (Å²) in [6.45, 7) is 2.33. The summed E-state index contributed by atoms with van der Waals surface area (Å²) >= 11 is 0. The van der Waals surface area contributed by atoms with Gasteiger partial charge in [0.25, 0.3) is 0 Å². The smallest absolute Gasteiger partial charge is 0.239 e. The van der Waals surface area contributed by atoms with E-state index in [2.05, 4.69) is 20.5 Å². The summed E-state index contributed by atoms with van der Waals surface area (Å²) in [7, 11) is 1.83. The Morgan fingerprint density at radius 2 is 2.20 bits per heavy atom. The maximum absolute atomic E-state index is 12.5. The number of likely N-dealkylation sites (N-methyl/N-ethyl adjacent to an activating group) is 1. The second-order valence-electron chi connectivity index (χ2n) is 6.14. The first-order valence-corrected chi connectivity index (χ1v) is 7.52. The Labute approximate surface area is 119 Å². The molecule has 3 unspecified atom stereocenters. The second-order valence-corrected chi connectivity index (χ2v) is 6.14. The van der Waals surface area contributed by atoms with Gasteiger partial charge in [0.1, 0.15) is 5.82 Å². The Kier molecular flexibility index (Phi) is 3.74. The molecule has 0 spiro atoms. The largest absolute Gasteiger partial charge is 0.337 e. The lowest BCUT2D eigenvalue weighted by Gasteiger charge is -2.24. The van der Waals surface area contributed by atoms with Crippen molar-refractivity contribution in [1.29, 1.82) is 0 Å². The fourth-order valence-electron chi connectivity index (χ4n) is 3.53. The summed E-state index contributed by atoms with van der Waals surface area (Å²) in [6.07, 6.45) is 6.09. The predicted octanol–water partition coefficient (Wildman–Crippen LogP) is 0.992. The van der Waals surface area contributed by atoms with Crippen LogP contribution in [0.15, 0.2) is 0 Å². The molecule has 2 heterocycles. The van der Waals surface area contributed by atoms with Gasteiger partial charge in [-0.1, -0.05) is 12.8 Å². The zero-order valence-corrected chi connectivity index (χ0v) is 12.2. The van der Waals surface area contributed by atoms with Gasteiger partial charge in [-0.2, -0.15) is 5.10 Å². The Bertz CT molecular complexity index is 472. The summed E-state index contributed by atoms with van der Waals surface area (Å²) in [5.74, 6) is 2.32. The molecule has 1 aliphatic heterocycles. The molecule has 0 bridgehead atoms. The highest BCUT2D eigenvalue weighted by molar-refractivity contribution is 5.82. The SMILES string of the molecule is Cc1nc(CN(C)C(=O)C2CC3CCCCC3N2)n[nH]1. The van der Waals surface area contributed by atoms with Gasteiger partial charge in [0, 0.05) is 13.1 Å². The number of aromatic nitrogens is 3. The minimum Gasteiger partial charge on any atom is -0.337 e. The van der Waals surface area contributed by atoms with Gasteiger partial charge < -0.3 is 10.2 Å². The molecular formula is C14H23N5O. The van der Waals surface area contributed by atoms with Gasteiger partial charge in [-0.15, -0.1) is 0 Å². The summed E-state index contributed by atoms with van der Waals surface area (Å²) in [6, 6.07) is 0.532. The molecule has 1 aromatic heterocycles. The van der Waals surface area contributed by atoms with E-state index < -0.39 is 0 Å². The number of aromatic amines is 1. The summed E-state index contributed by atoms with van der Waals surface area (Å²) in [5.41, 5.74) is 0. The van der Waals surface area contributed by atoms with Gasteiger partial charge in [-0.05, 0) is 32.1 Å². The van der Waals surface area contributed by atoms with Crippen molar-refractivity contribution in [3.63, 3.8) is 0 Å². The standard InChI is InChI=1S/C14H23N5O/c1-9-15-13(18-17-9)8-19(2)14(20)12-7-10-5-3-4-6-11(10)16-12/h10-12,16H,3-8H2,1-2H3,(H,15,17,18). The number of rotatable bonds is 3. The van der Waals surface area contributed by atoms with Crippen LogP contribution < -0.4 is 5.32 Å². The highest BCUT2D eigenvalue weighted by Crippen LogP contribution is 2.33. The van der Waals surface area contributed by atoms with E-state index in [1.807, 2.05) is 14.0 Å². The average Bonchev–Trinajstić information content (AvgIpc) is 3.03. The maximum Gasteiger partial charge on any atom is 0.239 e. The topological polar surface area (TPSA) is 73.9 Å². The number of H-pyrrole nitrogens is 1. The van der Waals surface area contributed by atoms with E-state index >= 15 is 0 Å².